The number of rotatable bonds is 7. The second-order valence-electron chi connectivity index (χ2n) is 8.69. The number of piperidine rings is 1. The number of thiazole rings is 1. The van der Waals surface area contributed by atoms with Gasteiger partial charge in [0.1, 0.15) is 22.6 Å². The highest BCUT2D eigenvalue weighted by Crippen LogP contribution is 2.34. The Labute approximate surface area is 231 Å². The Morgan fingerprint density at radius 3 is 2.38 bits per heavy atom. The molecule has 1 aromatic heterocycles. The molecule has 14 heteroatoms. The van der Waals surface area contributed by atoms with E-state index in [-0.39, 0.29) is 22.6 Å². The quantitative estimate of drug-likeness (QED) is 0.322. The second kappa shape index (κ2) is 13.1. The van der Waals surface area contributed by atoms with Gasteiger partial charge in [0.2, 0.25) is 0 Å². The van der Waals surface area contributed by atoms with E-state index >= 15 is 0 Å². The van der Waals surface area contributed by atoms with Gasteiger partial charge in [-0.2, -0.15) is 13.2 Å². The number of carboxylic acid groups (broad SMARTS) is 1. The van der Waals surface area contributed by atoms with Crippen LogP contribution in [0.1, 0.15) is 37.1 Å². The first-order chi connectivity index (χ1) is 18.3. The molecule has 0 aliphatic carbocycles. The summed E-state index contributed by atoms with van der Waals surface area (Å²) in [5.74, 6) is -3.82. The van der Waals surface area contributed by atoms with Gasteiger partial charge in [-0.15, -0.1) is 11.3 Å². The summed E-state index contributed by atoms with van der Waals surface area (Å²) in [4.78, 5) is 14.8. The van der Waals surface area contributed by atoms with Crippen LogP contribution < -0.4 is 4.74 Å². The van der Waals surface area contributed by atoms with Crippen LogP contribution in [-0.2, 0) is 20.4 Å². The number of ether oxygens (including phenoxy) is 1. The van der Waals surface area contributed by atoms with E-state index in [1.807, 2.05) is 18.2 Å². The van der Waals surface area contributed by atoms with E-state index in [1.165, 1.54) is 22.4 Å². The van der Waals surface area contributed by atoms with Gasteiger partial charge in [-0.05, 0) is 31.4 Å². The number of aliphatic carboxylic acids is 1. The predicted octanol–water partition coefficient (Wildman–Crippen LogP) is 6.15. The lowest BCUT2D eigenvalue weighted by atomic mass is 10.0. The first kappa shape index (κ1) is 30.8. The van der Waals surface area contributed by atoms with Crippen molar-refractivity contribution in [3.8, 4) is 5.75 Å². The van der Waals surface area contributed by atoms with E-state index < -0.39 is 32.7 Å². The predicted molar refractivity (Wildman–Crippen MR) is 138 cm³/mol. The molecule has 3 aromatic rings. The van der Waals surface area contributed by atoms with E-state index in [9.17, 15) is 26.0 Å². The van der Waals surface area contributed by atoms with Crippen molar-refractivity contribution in [2.24, 2.45) is 0 Å². The van der Waals surface area contributed by atoms with Crippen LogP contribution in [0.25, 0.3) is 0 Å². The third kappa shape index (κ3) is 8.62. The Bertz CT molecular complexity index is 1350. The molecule has 1 aliphatic rings. The van der Waals surface area contributed by atoms with Crippen molar-refractivity contribution in [3.05, 3.63) is 75.5 Å². The van der Waals surface area contributed by atoms with E-state index in [1.54, 1.807) is 5.38 Å². The SMILES string of the molecule is C[C@H](c1ccccc1)N1CCC(Oc2cc(F)c(S(=O)(=O)Cc3cscn3)cc2Cl)CC1.O=C(O)C(F)(F)F. The zero-order valence-electron chi connectivity index (χ0n) is 20.6. The number of hydrogen-bond acceptors (Lipinski definition) is 7. The number of hydrogen-bond donors (Lipinski definition) is 1. The van der Waals surface area contributed by atoms with Crippen LogP contribution >= 0.6 is 22.9 Å². The minimum Gasteiger partial charge on any atom is -0.489 e. The summed E-state index contributed by atoms with van der Waals surface area (Å²) in [5.41, 5.74) is 3.19. The molecule has 0 amide bonds. The standard InChI is InChI=1S/C23H24ClFN2O3S2.C2HF3O2/c1-16(17-5-3-2-4-6-17)27-9-7-19(8-10-27)30-22-12-21(25)23(11-20(22)24)32(28,29)14-18-13-31-15-26-18;3-2(4,5)1(6)7/h2-6,11-13,15-16,19H,7-10,14H2,1H3;(H,6,7)/t16-;/m1./s1. The molecular formula is C25H25ClF4N2O5S2. The largest absolute Gasteiger partial charge is 0.490 e. The summed E-state index contributed by atoms with van der Waals surface area (Å²) in [6.45, 7) is 3.88. The number of carboxylic acids is 1. The molecule has 1 fully saturated rings. The Hall–Kier alpha value is -2.74. The van der Waals surface area contributed by atoms with Crippen molar-refractivity contribution in [1.29, 1.82) is 0 Å². The molecule has 1 saturated heterocycles. The average Bonchev–Trinajstić information content (AvgIpc) is 3.38. The lowest BCUT2D eigenvalue weighted by molar-refractivity contribution is -0.192. The molecular weight excluding hydrogens is 584 g/mol. The Morgan fingerprint density at radius 1 is 1.23 bits per heavy atom. The molecule has 212 valence electrons. The fourth-order valence-corrected chi connectivity index (χ4v) is 6.22. The number of alkyl halides is 3. The summed E-state index contributed by atoms with van der Waals surface area (Å²) in [6.07, 6.45) is -3.64. The fraction of sp³-hybridized carbons (Fsp3) is 0.360. The fourth-order valence-electron chi connectivity index (χ4n) is 3.92. The van der Waals surface area contributed by atoms with Gasteiger partial charge in [0.25, 0.3) is 0 Å². The first-order valence-corrected chi connectivity index (χ1v) is 14.6. The van der Waals surface area contributed by atoms with Gasteiger partial charge in [-0.25, -0.2) is 22.6 Å². The van der Waals surface area contributed by atoms with Crippen LogP contribution in [0.4, 0.5) is 17.6 Å². The van der Waals surface area contributed by atoms with E-state index in [0.717, 1.165) is 38.1 Å². The number of nitrogens with zero attached hydrogens (tertiary/aromatic N) is 2. The maximum absolute atomic E-state index is 14.7. The summed E-state index contributed by atoms with van der Waals surface area (Å²) in [5, 5.41) is 8.84. The summed E-state index contributed by atoms with van der Waals surface area (Å²) < 4.78 is 77.6. The number of sulfone groups is 1. The van der Waals surface area contributed by atoms with Crippen LogP contribution in [0.15, 0.2) is 58.3 Å². The molecule has 1 atom stereocenters. The van der Waals surface area contributed by atoms with Crippen LogP contribution in [0.5, 0.6) is 5.75 Å². The summed E-state index contributed by atoms with van der Waals surface area (Å²) in [7, 11) is -3.91. The number of halogens is 5. The number of benzene rings is 2. The highest BCUT2D eigenvalue weighted by atomic mass is 35.5. The normalized spacial score (nSPS) is 15.7. The monoisotopic (exact) mass is 608 g/mol. The van der Waals surface area contributed by atoms with Crippen molar-refractivity contribution in [2.75, 3.05) is 13.1 Å². The van der Waals surface area contributed by atoms with E-state index in [0.29, 0.717) is 11.7 Å². The highest BCUT2D eigenvalue weighted by molar-refractivity contribution is 7.90. The van der Waals surface area contributed by atoms with Gasteiger partial charge in [-0.1, -0.05) is 41.9 Å². The third-order valence-corrected chi connectivity index (χ3v) is 8.57. The zero-order valence-corrected chi connectivity index (χ0v) is 23.0. The highest BCUT2D eigenvalue weighted by Gasteiger charge is 2.38. The minimum atomic E-state index is -5.08. The van der Waals surface area contributed by atoms with Crippen molar-refractivity contribution in [3.63, 3.8) is 0 Å². The zero-order chi connectivity index (χ0) is 28.8. The van der Waals surface area contributed by atoms with Gasteiger partial charge in [-0.3, -0.25) is 4.90 Å². The minimum absolute atomic E-state index is 0.0864. The lowest BCUT2D eigenvalue weighted by Crippen LogP contribution is -2.39. The maximum atomic E-state index is 14.7. The van der Waals surface area contributed by atoms with Crippen molar-refractivity contribution in [1.82, 2.24) is 9.88 Å². The first-order valence-electron chi connectivity index (χ1n) is 11.6. The topological polar surface area (TPSA) is 96.8 Å². The van der Waals surface area contributed by atoms with Gasteiger partial charge in [0.05, 0.1) is 22.0 Å². The van der Waals surface area contributed by atoms with Crippen LogP contribution in [0.3, 0.4) is 0 Å². The summed E-state index contributed by atoms with van der Waals surface area (Å²) >= 11 is 7.57. The van der Waals surface area contributed by atoms with Gasteiger partial charge < -0.3 is 9.84 Å². The molecule has 39 heavy (non-hydrogen) atoms. The van der Waals surface area contributed by atoms with Crippen LogP contribution in [-0.4, -0.2) is 54.7 Å². The van der Waals surface area contributed by atoms with Crippen LogP contribution in [0.2, 0.25) is 5.02 Å². The number of aromatic nitrogens is 1. The second-order valence-corrected chi connectivity index (χ2v) is 11.8. The summed E-state index contributed by atoms with van der Waals surface area (Å²) in [6, 6.07) is 12.9. The van der Waals surface area contributed by atoms with Crippen molar-refractivity contribution < 1.29 is 40.6 Å². The molecule has 0 saturated carbocycles. The van der Waals surface area contributed by atoms with Crippen molar-refractivity contribution >= 4 is 38.7 Å². The molecule has 1 aliphatic heterocycles. The molecule has 2 heterocycles. The lowest BCUT2D eigenvalue weighted by Gasteiger charge is -2.36. The maximum Gasteiger partial charge on any atom is 0.490 e. The van der Waals surface area contributed by atoms with E-state index in [2.05, 4.69) is 28.9 Å². The molecule has 0 radical (unpaired) electrons. The molecule has 2 aromatic carbocycles. The Morgan fingerprint density at radius 2 is 1.85 bits per heavy atom. The number of carbonyl (C=O) groups is 1. The number of likely N-dealkylation sites (tertiary alicyclic amines) is 1. The van der Waals surface area contributed by atoms with Gasteiger partial charge >= 0.3 is 12.1 Å². The molecule has 4 rings (SSSR count). The molecule has 7 nitrogen and oxygen atoms in total. The average molecular weight is 609 g/mol. The third-order valence-electron chi connectivity index (χ3n) is 5.99. The molecule has 0 spiro atoms. The van der Waals surface area contributed by atoms with Gasteiger partial charge in [0, 0.05) is 30.6 Å². The van der Waals surface area contributed by atoms with Crippen LogP contribution in [0, 0.1) is 5.82 Å². The molecule has 0 unspecified atom stereocenters. The smallest absolute Gasteiger partial charge is 0.489 e. The Balaban J connectivity index is 0.000000532. The molecule has 1 N–H and O–H groups in total. The van der Waals surface area contributed by atoms with E-state index in [4.69, 9.17) is 26.2 Å². The van der Waals surface area contributed by atoms with Crippen molar-refractivity contribution in [2.45, 2.75) is 48.7 Å². The van der Waals surface area contributed by atoms with Gasteiger partial charge in [0.15, 0.2) is 9.84 Å². The Kier molecular flexibility index (Phi) is 10.3. The molecule has 0 bridgehead atoms.